The van der Waals surface area contributed by atoms with E-state index in [-0.39, 0.29) is 12.2 Å². The number of nitrogens with one attached hydrogen (secondary N) is 1. The molecule has 25 heavy (non-hydrogen) atoms. The van der Waals surface area contributed by atoms with Crippen LogP contribution in [0, 0.1) is 10.1 Å². The number of rotatable bonds is 5. The number of nitro benzene ring substituents is 1. The van der Waals surface area contributed by atoms with E-state index in [4.69, 9.17) is 0 Å². The van der Waals surface area contributed by atoms with Crippen molar-refractivity contribution in [2.24, 2.45) is 0 Å². The zero-order valence-electron chi connectivity index (χ0n) is 12.8. The molecule has 0 fully saturated rings. The molecule has 0 atom stereocenters. The van der Waals surface area contributed by atoms with Gasteiger partial charge in [0.15, 0.2) is 0 Å². The van der Waals surface area contributed by atoms with Crippen molar-refractivity contribution >= 4 is 17.7 Å². The summed E-state index contributed by atoms with van der Waals surface area (Å²) in [6.45, 7) is -0.0483. The summed E-state index contributed by atoms with van der Waals surface area (Å²) >= 11 is 0. The van der Waals surface area contributed by atoms with Crippen molar-refractivity contribution in [3.63, 3.8) is 0 Å². The number of benzene rings is 2. The number of amides is 1. The predicted octanol–water partition coefficient (Wildman–Crippen LogP) is 3.94. The first kappa shape index (κ1) is 18.2. The fourth-order valence-electron chi connectivity index (χ4n) is 1.98. The van der Waals surface area contributed by atoms with E-state index in [9.17, 15) is 28.1 Å². The van der Waals surface area contributed by atoms with Gasteiger partial charge in [-0.25, -0.2) is 0 Å². The lowest BCUT2D eigenvalue weighted by Gasteiger charge is -2.08. The Hall–Kier alpha value is -3.16. The molecule has 8 heteroatoms. The van der Waals surface area contributed by atoms with Crippen molar-refractivity contribution in [1.29, 1.82) is 0 Å². The second kappa shape index (κ2) is 7.61. The van der Waals surface area contributed by atoms with Crippen molar-refractivity contribution in [1.82, 2.24) is 5.32 Å². The number of hydrogen-bond donors (Lipinski definition) is 1. The maximum absolute atomic E-state index is 12.6. The van der Waals surface area contributed by atoms with Crippen molar-refractivity contribution in [2.75, 3.05) is 0 Å². The SMILES string of the molecule is O=C(/C=C/c1ccc([N+](=O)[O-])cc1)NCc1cccc(C(F)(F)F)c1. The van der Waals surface area contributed by atoms with Gasteiger partial charge in [-0.15, -0.1) is 0 Å². The third-order valence-electron chi connectivity index (χ3n) is 3.25. The Labute approximate surface area is 140 Å². The number of hydrogen-bond acceptors (Lipinski definition) is 3. The van der Waals surface area contributed by atoms with Crippen LogP contribution in [-0.4, -0.2) is 10.8 Å². The molecule has 0 heterocycles. The van der Waals surface area contributed by atoms with E-state index in [2.05, 4.69) is 5.32 Å². The minimum absolute atomic E-state index is 0.0483. The third kappa shape index (κ3) is 5.45. The first-order chi connectivity index (χ1) is 11.8. The van der Waals surface area contributed by atoms with Gasteiger partial charge in [-0.3, -0.25) is 14.9 Å². The molecule has 5 nitrogen and oxygen atoms in total. The van der Waals surface area contributed by atoms with Gasteiger partial charge in [-0.1, -0.05) is 12.1 Å². The van der Waals surface area contributed by atoms with Gasteiger partial charge in [0.25, 0.3) is 5.69 Å². The molecule has 0 bridgehead atoms. The lowest BCUT2D eigenvalue weighted by molar-refractivity contribution is -0.384. The van der Waals surface area contributed by atoms with Crippen molar-refractivity contribution < 1.29 is 22.9 Å². The van der Waals surface area contributed by atoms with Gasteiger partial charge in [0.1, 0.15) is 0 Å². The van der Waals surface area contributed by atoms with E-state index < -0.39 is 22.6 Å². The van der Waals surface area contributed by atoms with E-state index in [1.165, 1.54) is 48.6 Å². The number of alkyl halides is 3. The molecule has 0 radical (unpaired) electrons. The van der Waals surface area contributed by atoms with Crippen molar-refractivity contribution in [3.8, 4) is 0 Å². The molecule has 1 amide bonds. The van der Waals surface area contributed by atoms with Crippen LogP contribution in [0.4, 0.5) is 18.9 Å². The first-order valence-electron chi connectivity index (χ1n) is 7.12. The Kier molecular flexibility index (Phi) is 5.53. The van der Waals surface area contributed by atoms with Crippen LogP contribution in [0.1, 0.15) is 16.7 Å². The van der Waals surface area contributed by atoms with Crippen LogP contribution >= 0.6 is 0 Å². The number of halogens is 3. The van der Waals surface area contributed by atoms with E-state index in [0.29, 0.717) is 11.1 Å². The van der Waals surface area contributed by atoms with E-state index in [1.807, 2.05) is 0 Å². The van der Waals surface area contributed by atoms with Crippen LogP contribution in [0.25, 0.3) is 6.08 Å². The largest absolute Gasteiger partial charge is 0.416 e. The maximum Gasteiger partial charge on any atom is 0.416 e. The van der Waals surface area contributed by atoms with Crippen LogP contribution in [-0.2, 0) is 17.5 Å². The maximum atomic E-state index is 12.6. The molecule has 0 saturated carbocycles. The molecule has 0 aliphatic rings. The predicted molar refractivity (Wildman–Crippen MR) is 85.4 cm³/mol. The fraction of sp³-hybridized carbons (Fsp3) is 0.118. The highest BCUT2D eigenvalue weighted by Crippen LogP contribution is 2.29. The van der Waals surface area contributed by atoms with Gasteiger partial charge in [-0.05, 0) is 41.5 Å². The summed E-state index contributed by atoms with van der Waals surface area (Å²) in [5.41, 5.74) is 0.0681. The highest BCUT2D eigenvalue weighted by atomic mass is 19.4. The van der Waals surface area contributed by atoms with Crippen molar-refractivity contribution in [3.05, 3.63) is 81.4 Å². The summed E-state index contributed by atoms with van der Waals surface area (Å²) in [5, 5.41) is 13.0. The number of non-ortho nitro benzene ring substituents is 1. The Morgan fingerprint density at radius 1 is 1.16 bits per heavy atom. The van der Waals surface area contributed by atoms with Crippen molar-refractivity contribution in [2.45, 2.75) is 12.7 Å². The van der Waals surface area contributed by atoms with Crippen LogP contribution < -0.4 is 5.32 Å². The number of nitrogens with zero attached hydrogens (tertiary/aromatic N) is 1. The summed E-state index contributed by atoms with van der Waals surface area (Å²) < 4.78 is 37.8. The van der Waals surface area contributed by atoms with Gasteiger partial charge in [0, 0.05) is 24.8 Å². The van der Waals surface area contributed by atoms with Crippen LogP contribution in [0.2, 0.25) is 0 Å². The summed E-state index contributed by atoms with van der Waals surface area (Å²) in [5.74, 6) is -0.490. The Morgan fingerprint density at radius 3 is 2.44 bits per heavy atom. The Morgan fingerprint density at radius 2 is 1.84 bits per heavy atom. The van der Waals surface area contributed by atoms with E-state index >= 15 is 0 Å². The summed E-state index contributed by atoms with van der Waals surface area (Å²) in [6, 6.07) is 10.3. The number of carbonyl (C=O) groups is 1. The Bertz CT molecular complexity index is 800. The molecule has 0 aliphatic carbocycles. The van der Waals surface area contributed by atoms with Crippen LogP contribution in [0.5, 0.6) is 0 Å². The smallest absolute Gasteiger partial charge is 0.348 e. The molecule has 1 N–H and O–H groups in total. The molecule has 0 unspecified atom stereocenters. The molecule has 0 aliphatic heterocycles. The van der Waals surface area contributed by atoms with E-state index in [0.717, 1.165) is 12.1 Å². The monoisotopic (exact) mass is 350 g/mol. The average Bonchev–Trinajstić information content (AvgIpc) is 2.58. The molecule has 0 spiro atoms. The van der Waals surface area contributed by atoms with Gasteiger partial charge in [0.2, 0.25) is 5.91 Å². The molecule has 0 saturated heterocycles. The second-order valence-electron chi connectivity index (χ2n) is 5.10. The van der Waals surface area contributed by atoms with Gasteiger partial charge in [-0.2, -0.15) is 13.2 Å². The quantitative estimate of drug-likeness (QED) is 0.504. The van der Waals surface area contributed by atoms with Gasteiger partial charge < -0.3 is 5.32 Å². The molecular weight excluding hydrogens is 337 g/mol. The summed E-state index contributed by atoms with van der Waals surface area (Å²) in [4.78, 5) is 21.7. The molecule has 130 valence electrons. The summed E-state index contributed by atoms with van der Waals surface area (Å²) in [7, 11) is 0. The molecule has 2 aromatic carbocycles. The second-order valence-corrected chi connectivity index (χ2v) is 5.10. The topological polar surface area (TPSA) is 72.2 Å². The van der Waals surface area contributed by atoms with Gasteiger partial charge in [0.05, 0.1) is 10.5 Å². The van der Waals surface area contributed by atoms with Crippen LogP contribution in [0.15, 0.2) is 54.6 Å². The average molecular weight is 350 g/mol. The zero-order valence-corrected chi connectivity index (χ0v) is 12.8. The number of nitro groups is 1. The highest BCUT2D eigenvalue weighted by molar-refractivity contribution is 5.91. The molecule has 2 rings (SSSR count). The first-order valence-corrected chi connectivity index (χ1v) is 7.12. The minimum Gasteiger partial charge on any atom is -0.348 e. The third-order valence-corrected chi connectivity index (χ3v) is 3.25. The lowest BCUT2D eigenvalue weighted by Crippen LogP contribution is -2.20. The molecule has 0 aromatic heterocycles. The normalized spacial score (nSPS) is 11.5. The standard InChI is InChI=1S/C17H13F3N2O3/c18-17(19,20)14-3-1-2-13(10-14)11-21-16(23)9-6-12-4-7-15(8-5-12)22(24)25/h1-10H,11H2,(H,21,23)/b9-6+. The molecular formula is C17H13F3N2O3. The minimum atomic E-state index is -4.43. The van der Waals surface area contributed by atoms with Gasteiger partial charge >= 0.3 is 6.18 Å². The number of carbonyl (C=O) groups excluding carboxylic acids is 1. The zero-order chi connectivity index (χ0) is 18.4. The highest BCUT2D eigenvalue weighted by Gasteiger charge is 2.30. The molecule has 2 aromatic rings. The fourth-order valence-corrected chi connectivity index (χ4v) is 1.98. The Balaban J connectivity index is 1.93. The van der Waals surface area contributed by atoms with E-state index in [1.54, 1.807) is 0 Å². The van der Waals surface area contributed by atoms with Crippen LogP contribution in [0.3, 0.4) is 0 Å². The lowest BCUT2D eigenvalue weighted by atomic mass is 10.1. The summed E-state index contributed by atoms with van der Waals surface area (Å²) in [6.07, 6.45) is -1.78.